The lowest BCUT2D eigenvalue weighted by Crippen LogP contribution is -2.20. The summed E-state index contributed by atoms with van der Waals surface area (Å²) in [4.78, 5) is 35.1. The van der Waals surface area contributed by atoms with Crippen molar-refractivity contribution in [1.82, 2.24) is 0 Å². The second kappa shape index (κ2) is 8.62. The Morgan fingerprint density at radius 1 is 1.00 bits per heavy atom. The van der Waals surface area contributed by atoms with Crippen LogP contribution in [-0.4, -0.2) is 28.9 Å². The molecule has 2 rings (SSSR count). The van der Waals surface area contributed by atoms with Gasteiger partial charge in [0.25, 0.3) is 5.78 Å². The van der Waals surface area contributed by atoms with Gasteiger partial charge in [-0.25, -0.2) is 9.59 Å². The molecule has 6 nitrogen and oxygen atoms in total. The molecule has 0 spiro atoms. The Morgan fingerprint density at radius 3 is 2.27 bits per heavy atom. The molecule has 0 aliphatic rings. The molecule has 0 saturated heterocycles. The van der Waals surface area contributed by atoms with Crippen molar-refractivity contribution in [3.63, 3.8) is 0 Å². The van der Waals surface area contributed by atoms with Crippen molar-refractivity contribution < 1.29 is 24.2 Å². The van der Waals surface area contributed by atoms with Crippen LogP contribution in [-0.2, 0) is 14.3 Å². The zero-order chi connectivity index (χ0) is 19.1. The first-order valence-electron chi connectivity index (χ1n) is 7.99. The van der Waals surface area contributed by atoms with E-state index < -0.39 is 23.8 Å². The Bertz CT molecular complexity index is 840. The van der Waals surface area contributed by atoms with Gasteiger partial charge in [-0.15, -0.1) is 0 Å². The molecular weight excluding hydrogens is 334 g/mol. The van der Waals surface area contributed by atoms with Gasteiger partial charge in [0.05, 0.1) is 11.7 Å². The van der Waals surface area contributed by atoms with E-state index in [1.807, 2.05) is 6.07 Å². The monoisotopic (exact) mass is 353 g/mol. The highest BCUT2D eigenvalue weighted by atomic mass is 16.5. The Hall–Kier alpha value is -3.41. The number of aromatic carboxylic acids is 1. The van der Waals surface area contributed by atoms with E-state index in [9.17, 15) is 14.4 Å². The number of hydrogen-bond acceptors (Lipinski definition) is 5. The fourth-order valence-corrected chi connectivity index (χ4v) is 2.16. The summed E-state index contributed by atoms with van der Waals surface area (Å²) in [7, 11) is 0. The summed E-state index contributed by atoms with van der Waals surface area (Å²) >= 11 is 0. The molecule has 0 amide bonds. The van der Waals surface area contributed by atoms with Crippen molar-refractivity contribution in [2.75, 3.05) is 5.32 Å². The van der Waals surface area contributed by atoms with Crippen molar-refractivity contribution in [2.24, 2.45) is 0 Å². The maximum atomic E-state index is 12.1. The lowest BCUT2D eigenvalue weighted by Gasteiger charge is -2.12. The van der Waals surface area contributed by atoms with Crippen molar-refractivity contribution in [3.05, 3.63) is 71.8 Å². The Morgan fingerprint density at radius 2 is 1.65 bits per heavy atom. The minimum Gasteiger partial charge on any atom is -0.478 e. The number of carbonyl (C=O) groups is 3. The number of carboxylic acids is 1. The van der Waals surface area contributed by atoms with Gasteiger partial charge in [-0.2, -0.15) is 0 Å². The topological polar surface area (TPSA) is 92.7 Å². The SMILES string of the molecule is CC(C)OC(=O)C(=O)C=C(Nc1cccc(C(=O)O)c1)c1ccccc1. The van der Waals surface area contributed by atoms with E-state index in [1.165, 1.54) is 12.1 Å². The van der Waals surface area contributed by atoms with Crippen LogP contribution >= 0.6 is 0 Å². The number of ether oxygens (including phenoxy) is 1. The molecule has 0 aliphatic carbocycles. The first-order valence-corrected chi connectivity index (χ1v) is 7.99. The van der Waals surface area contributed by atoms with Gasteiger partial charge in [0, 0.05) is 17.5 Å². The van der Waals surface area contributed by atoms with E-state index in [2.05, 4.69) is 5.32 Å². The highest BCUT2D eigenvalue weighted by Crippen LogP contribution is 2.20. The molecule has 0 aliphatic heterocycles. The fraction of sp³-hybridized carbons (Fsp3) is 0.150. The Balaban J connectivity index is 2.35. The maximum absolute atomic E-state index is 12.1. The summed E-state index contributed by atoms with van der Waals surface area (Å²) in [6.45, 7) is 3.31. The molecule has 6 heteroatoms. The van der Waals surface area contributed by atoms with Gasteiger partial charge in [-0.3, -0.25) is 4.79 Å². The smallest absolute Gasteiger partial charge is 0.379 e. The quantitative estimate of drug-likeness (QED) is 0.450. The zero-order valence-electron chi connectivity index (χ0n) is 14.4. The molecule has 0 fully saturated rings. The number of carboxylic acid groups (broad SMARTS) is 1. The van der Waals surface area contributed by atoms with Crippen LogP contribution in [0, 0.1) is 0 Å². The molecule has 2 aromatic rings. The lowest BCUT2D eigenvalue weighted by atomic mass is 10.1. The minimum atomic E-state index is -1.06. The molecule has 0 aromatic heterocycles. The van der Waals surface area contributed by atoms with Gasteiger partial charge >= 0.3 is 11.9 Å². The van der Waals surface area contributed by atoms with Gasteiger partial charge in [0.2, 0.25) is 0 Å². The molecule has 2 N–H and O–H groups in total. The third-order valence-corrected chi connectivity index (χ3v) is 3.29. The van der Waals surface area contributed by atoms with E-state index in [4.69, 9.17) is 9.84 Å². The number of nitrogens with one attached hydrogen (secondary N) is 1. The number of esters is 1. The largest absolute Gasteiger partial charge is 0.478 e. The van der Waals surface area contributed by atoms with Gasteiger partial charge in [-0.1, -0.05) is 36.4 Å². The molecule has 0 heterocycles. The predicted molar refractivity (Wildman–Crippen MR) is 97.7 cm³/mol. The average Bonchev–Trinajstić information content (AvgIpc) is 2.61. The number of benzene rings is 2. The van der Waals surface area contributed by atoms with Gasteiger partial charge in [0.15, 0.2) is 0 Å². The van der Waals surface area contributed by atoms with E-state index in [0.717, 1.165) is 6.08 Å². The summed E-state index contributed by atoms with van der Waals surface area (Å²) in [5.41, 5.74) is 1.61. The summed E-state index contributed by atoms with van der Waals surface area (Å²) in [5, 5.41) is 12.1. The fourth-order valence-electron chi connectivity index (χ4n) is 2.16. The molecule has 0 bridgehead atoms. The molecular formula is C20H19NO5. The predicted octanol–water partition coefficient (Wildman–Crippen LogP) is 3.36. The van der Waals surface area contributed by atoms with Crippen LogP contribution < -0.4 is 5.32 Å². The number of ketones is 1. The molecule has 26 heavy (non-hydrogen) atoms. The number of hydrogen-bond donors (Lipinski definition) is 2. The van der Waals surface area contributed by atoms with Crippen LogP contribution in [0.2, 0.25) is 0 Å². The molecule has 0 radical (unpaired) electrons. The van der Waals surface area contributed by atoms with Crippen molar-refractivity contribution >= 4 is 29.1 Å². The lowest BCUT2D eigenvalue weighted by molar-refractivity contribution is -0.154. The van der Waals surface area contributed by atoms with Crippen LogP contribution in [0.1, 0.15) is 29.8 Å². The third-order valence-electron chi connectivity index (χ3n) is 3.29. The van der Waals surface area contributed by atoms with E-state index in [-0.39, 0.29) is 5.56 Å². The summed E-state index contributed by atoms with van der Waals surface area (Å²) in [6, 6.07) is 15.1. The number of carbonyl (C=O) groups excluding carboxylic acids is 2. The third kappa shape index (κ3) is 5.31. The second-order valence-electron chi connectivity index (χ2n) is 5.75. The minimum absolute atomic E-state index is 0.105. The van der Waals surface area contributed by atoms with Gasteiger partial charge in [-0.05, 0) is 37.6 Å². The van der Waals surface area contributed by atoms with E-state index in [0.29, 0.717) is 16.9 Å². The Kier molecular flexibility index (Phi) is 6.27. The van der Waals surface area contributed by atoms with Crippen LogP contribution in [0.5, 0.6) is 0 Å². The van der Waals surface area contributed by atoms with E-state index >= 15 is 0 Å². The second-order valence-corrected chi connectivity index (χ2v) is 5.75. The zero-order valence-corrected chi connectivity index (χ0v) is 14.4. The summed E-state index contributed by atoms with van der Waals surface area (Å²) in [6.07, 6.45) is 0.744. The van der Waals surface area contributed by atoms with Crippen molar-refractivity contribution in [3.8, 4) is 0 Å². The molecule has 134 valence electrons. The average molecular weight is 353 g/mol. The number of rotatable bonds is 7. The van der Waals surface area contributed by atoms with E-state index in [1.54, 1.807) is 50.2 Å². The first-order chi connectivity index (χ1) is 12.4. The standard InChI is InChI=1S/C20H19NO5/c1-13(2)26-20(25)18(22)12-17(14-7-4-3-5-8-14)21-16-10-6-9-15(11-16)19(23)24/h3-13,21H,1-2H3,(H,23,24). The first kappa shape index (κ1) is 18.9. The summed E-state index contributed by atoms with van der Waals surface area (Å²) in [5.74, 6) is -2.82. The van der Waals surface area contributed by atoms with Gasteiger partial charge < -0.3 is 15.2 Å². The van der Waals surface area contributed by atoms with Crippen molar-refractivity contribution in [2.45, 2.75) is 20.0 Å². The molecule has 0 atom stereocenters. The highest BCUT2D eigenvalue weighted by Gasteiger charge is 2.16. The number of anilines is 1. The van der Waals surface area contributed by atoms with Crippen molar-refractivity contribution in [1.29, 1.82) is 0 Å². The van der Waals surface area contributed by atoms with Gasteiger partial charge in [0.1, 0.15) is 0 Å². The summed E-state index contributed by atoms with van der Waals surface area (Å²) < 4.78 is 4.91. The normalized spacial score (nSPS) is 11.1. The molecule has 2 aromatic carbocycles. The Labute approximate surface area is 151 Å². The van der Waals surface area contributed by atoms with Crippen LogP contribution in [0.25, 0.3) is 5.70 Å². The van der Waals surface area contributed by atoms with Crippen LogP contribution in [0.4, 0.5) is 5.69 Å². The highest BCUT2D eigenvalue weighted by molar-refractivity contribution is 6.39. The molecule has 0 saturated carbocycles. The van der Waals surface area contributed by atoms with Crippen LogP contribution in [0.15, 0.2) is 60.7 Å². The molecule has 0 unspecified atom stereocenters. The maximum Gasteiger partial charge on any atom is 0.379 e. The van der Waals surface area contributed by atoms with Crippen LogP contribution in [0.3, 0.4) is 0 Å².